The number of fused-ring (bicyclic) bond motifs is 3. The Kier molecular flexibility index (Phi) is 3.84. The van der Waals surface area contributed by atoms with Gasteiger partial charge in [-0.15, -0.1) is 15.9 Å². The van der Waals surface area contributed by atoms with E-state index in [1.54, 1.807) is 0 Å². The molecule has 4 rings (SSSR count). The van der Waals surface area contributed by atoms with Crippen LogP contribution in [0.25, 0.3) is 22.1 Å². The number of hydrazone groups is 1. The van der Waals surface area contributed by atoms with Gasteiger partial charge < -0.3 is 10.1 Å². The van der Waals surface area contributed by atoms with Crippen molar-refractivity contribution in [3.8, 4) is 5.75 Å². The number of H-pyrrole nitrogens is 1. The van der Waals surface area contributed by atoms with Gasteiger partial charge in [-0.3, -0.25) is 10.1 Å². The molecule has 0 aliphatic carbocycles. The molecule has 2 aromatic carbocycles. The van der Waals surface area contributed by atoms with Crippen LogP contribution in [0.4, 0.5) is 11.6 Å². The minimum atomic E-state index is -0.586. The van der Waals surface area contributed by atoms with Crippen LogP contribution in [0.3, 0.4) is 0 Å². The molecule has 4 aromatic rings. The van der Waals surface area contributed by atoms with E-state index in [1.807, 2.05) is 25.1 Å². The van der Waals surface area contributed by atoms with Gasteiger partial charge >= 0.3 is 0 Å². The van der Waals surface area contributed by atoms with Crippen LogP contribution in [0.2, 0.25) is 0 Å². The zero-order valence-electron chi connectivity index (χ0n) is 14.0. The first-order valence-corrected chi connectivity index (χ1v) is 7.88. The van der Waals surface area contributed by atoms with Crippen molar-refractivity contribution in [2.24, 2.45) is 5.10 Å². The third kappa shape index (κ3) is 3.11. The van der Waals surface area contributed by atoms with Crippen LogP contribution in [0.1, 0.15) is 11.1 Å². The first-order chi connectivity index (χ1) is 13.0. The van der Waals surface area contributed by atoms with E-state index in [-0.39, 0.29) is 22.9 Å². The molecule has 27 heavy (non-hydrogen) atoms. The molecular formula is C17H12N7O3-. The van der Waals surface area contributed by atoms with Crippen LogP contribution >= 0.6 is 0 Å². The molecule has 0 bridgehead atoms. The Morgan fingerprint density at radius 3 is 2.89 bits per heavy atom. The molecule has 0 radical (unpaired) electrons. The molecule has 10 heteroatoms. The lowest BCUT2D eigenvalue weighted by atomic mass is 10.2. The second kappa shape index (κ2) is 6.33. The summed E-state index contributed by atoms with van der Waals surface area (Å²) in [7, 11) is 0. The summed E-state index contributed by atoms with van der Waals surface area (Å²) in [6.45, 7) is 1.99. The summed E-state index contributed by atoms with van der Waals surface area (Å²) < 4.78 is 0. The Morgan fingerprint density at radius 1 is 1.22 bits per heavy atom. The Morgan fingerprint density at radius 2 is 2.07 bits per heavy atom. The number of anilines is 1. The second-order valence-corrected chi connectivity index (χ2v) is 5.85. The molecule has 0 aliphatic heterocycles. The first-order valence-electron chi connectivity index (χ1n) is 7.88. The number of aromatic nitrogens is 4. The summed E-state index contributed by atoms with van der Waals surface area (Å²) in [4.78, 5) is 17.9. The number of aromatic amines is 1. The van der Waals surface area contributed by atoms with Crippen LogP contribution in [0.15, 0.2) is 41.5 Å². The predicted octanol–water partition coefficient (Wildman–Crippen LogP) is 2.24. The predicted molar refractivity (Wildman–Crippen MR) is 97.7 cm³/mol. The van der Waals surface area contributed by atoms with Crippen LogP contribution in [-0.2, 0) is 0 Å². The summed E-state index contributed by atoms with van der Waals surface area (Å²) in [6.07, 6.45) is 1.17. The van der Waals surface area contributed by atoms with Crippen molar-refractivity contribution in [2.75, 3.05) is 5.43 Å². The Bertz CT molecular complexity index is 1220. The van der Waals surface area contributed by atoms with Gasteiger partial charge in [0.05, 0.1) is 16.7 Å². The summed E-state index contributed by atoms with van der Waals surface area (Å²) in [5, 5.41) is 35.3. The number of nitro benzene ring substituents is 1. The number of hydrogen-bond donors (Lipinski definition) is 2. The van der Waals surface area contributed by atoms with Crippen LogP contribution in [0.5, 0.6) is 5.75 Å². The van der Waals surface area contributed by atoms with Gasteiger partial charge in [-0.1, -0.05) is 23.8 Å². The molecule has 0 fully saturated rings. The molecule has 2 heterocycles. The molecule has 10 nitrogen and oxygen atoms in total. The fourth-order valence-electron chi connectivity index (χ4n) is 2.69. The van der Waals surface area contributed by atoms with Crippen molar-refractivity contribution in [1.29, 1.82) is 0 Å². The molecule has 0 amide bonds. The lowest BCUT2D eigenvalue weighted by Gasteiger charge is -2.05. The molecule has 0 spiro atoms. The van der Waals surface area contributed by atoms with Gasteiger partial charge in [0, 0.05) is 17.0 Å². The standard InChI is InChI=1S/C17H13N7O3/c1-9-2-4-13-12(6-9)15-16(19-13)20-17(23-21-15)22-18-8-10-7-11(25)3-5-14(10)24(26)27/h2-8,25H,1H3,(H2,19,20,22,23)/p-1/b18-8-. The molecule has 134 valence electrons. The molecule has 2 N–H and O–H groups in total. The van der Waals surface area contributed by atoms with Crippen molar-refractivity contribution in [3.05, 3.63) is 57.6 Å². The SMILES string of the molecule is Cc1ccc2[nH]c3nc(N/N=C\c4cc([O-])ccc4[N+](=O)[O-])nnc3c2c1. The summed E-state index contributed by atoms with van der Waals surface area (Å²) in [5.74, 6) is -0.238. The number of benzene rings is 2. The van der Waals surface area contributed by atoms with Gasteiger partial charge in [0.1, 0.15) is 5.52 Å². The molecular weight excluding hydrogens is 350 g/mol. The van der Waals surface area contributed by atoms with Gasteiger partial charge in [-0.05, 0) is 19.1 Å². The third-order valence-electron chi connectivity index (χ3n) is 3.93. The fraction of sp³-hybridized carbons (Fsp3) is 0.0588. The van der Waals surface area contributed by atoms with Gasteiger partial charge in [0.15, 0.2) is 5.65 Å². The molecule has 0 saturated carbocycles. The van der Waals surface area contributed by atoms with Crippen LogP contribution in [-0.4, -0.2) is 31.3 Å². The molecule has 0 saturated heterocycles. The van der Waals surface area contributed by atoms with Crippen molar-refractivity contribution in [1.82, 2.24) is 20.2 Å². The number of hydrogen-bond acceptors (Lipinski definition) is 8. The van der Waals surface area contributed by atoms with E-state index >= 15 is 0 Å². The van der Waals surface area contributed by atoms with Gasteiger partial charge in [0.25, 0.3) is 11.6 Å². The highest BCUT2D eigenvalue weighted by Crippen LogP contribution is 2.23. The van der Waals surface area contributed by atoms with E-state index in [4.69, 9.17) is 0 Å². The second-order valence-electron chi connectivity index (χ2n) is 5.85. The molecule has 0 unspecified atom stereocenters. The minimum Gasteiger partial charge on any atom is -0.872 e. The Hall–Kier alpha value is -4.08. The third-order valence-corrected chi connectivity index (χ3v) is 3.93. The lowest BCUT2D eigenvalue weighted by molar-refractivity contribution is -0.385. The summed E-state index contributed by atoms with van der Waals surface area (Å²) in [6, 6.07) is 9.30. The maximum Gasteiger partial charge on any atom is 0.278 e. The highest BCUT2D eigenvalue weighted by atomic mass is 16.6. The summed E-state index contributed by atoms with van der Waals surface area (Å²) in [5.41, 5.74) is 5.58. The van der Waals surface area contributed by atoms with E-state index in [0.717, 1.165) is 34.7 Å². The van der Waals surface area contributed by atoms with Gasteiger partial charge in [-0.2, -0.15) is 10.1 Å². The number of nitro groups is 1. The van der Waals surface area contributed by atoms with E-state index in [0.29, 0.717) is 11.2 Å². The first kappa shape index (κ1) is 16.4. The van der Waals surface area contributed by atoms with Gasteiger partial charge in [0.2, 0.25) is 0 Å². The van der Waals surface area contributed by atoms with Crippen molar-refractivity contribution in [2.45, 2.75) is 6.92 Å². The quantitative estimate of drug-likeness (QED) is 0.321. The fourth-order valence-corrected chi connectivity index (χ4v) is 2.69. The zero-order valence-corrected chi connectivity index (χ0v) is 14.0. The smallest absolute Gasteiger partial charge is 0.278 e. The number of rotatable bonds is 4. The minimum absolute atomic E-state index is 0.0788. The zero-order chi connectivity index (χ0) is 19.0. The monoisotopic (exact) mass is 362 g/mol. The number of nitrogens with one attached hydrogen (secondary N) is 2. The Balaban J connectivity index is 1.63. The van der Waals surface area contributed by atoms with E-state index in [2.05, 4.69) is 30.7 Å². The molecule has 2 aromatic heterocycles. The van der Waals surface area contributed by atoms with Crippen molar-refractivity contribution >= 4 is 39.9 Å². The summed E-state index contributed by atoms with van der Waals surface area (Å²) >= 11 is 0. The largest absolute Gasteiger partial charge is 0.872 e. The maximum absolute atomic E-state index is 11.4. The number of nitrogens with zero attached hydrogens (tertiary/aromatic N) is 5. The average molecular weight is 362 g/mol. The van der Waals surface area contributed by atoms with Gasteiger partial charge in [-0.25, -0.2) is 5.43 Å². The van der Waals surface area contributed by atoms with E-state index in [1.165, 1.54) is 6.21 Å². The normalized spacial score (nSPS) is 11.4. The lowest BCUT2D eigenvalue weighted by Crippen LogP contribution is -2.01. The molecule has 0 atom stereocenters. The van der Waals surface area contributed by atoms with Crippen molar-refractivity contribution in [3.63, 3.8) is 0 Å². The van der Waals surface area contributed by atoms with Crippen LogP contribution < -0.4 is 10.5 Å². The van der Waals surface area contributed by atoms with Crippen molar-refractivity contribution < 1.29 is 10.0 Å². The average Bonchev–Trinajstić information content (AvgIpc) is 2.98. The highest BCUT2D eigenvalue weighted by Gasteiger charge is 2.11. The number of aryl methyl sites for hydroxylation is 1. The highest BCUT2D eigenvalue weighted by molar-refractivity contribution is 6.03. The topological polar surface area (TPSA) is 145 Å². The Labute approximate surface area is 151 Å². The van der Waals surface area contributed by atoms with E-state index < -0.39 is 4.92 Å². The van der Waals surface area contributed by atoms with E-state index in [9.17, 15) is 15.2 Å². The maximum atomic E-state index is 11.4. The molecule has 0 aliphatic rings. The van der Waals surface area contributed by atoms with Crippen LogP contribution in [0, 0.1) is 17.0 Å².